The van der Waals surface area contributed by atoms with E-state index >= 15 is 0 Å². The molecule has 0 amide bonds. The summed E-state index contributed by atoms with van der Waals surface area (Å²) in [5, 5.41) is 0. The van der Waals surface area contributed by atoms with Gasteiger partial charge in [0, 0.05) is 5.41 Å². The molecule has 0 aromatic carbocycles. The summed E-state index contributed by atoms with van der Waals surface area (Å²) in [6, 6.07) is 0. The van der Waals surface area contributed by atoms with Crippen molar-refractivity contribution in [1.82, 2.24) is 0 Å². The van der Waals surface area contributed by atoms with E-state index in [1.165, 1.54) is 0 Å². The molecule has 0 heterocycles. The fraction of sp³-hybridized carbons (Fsp3) is 1.00. The molecule has 0 aromatic heterocycles. The van der Waals surface area contributed by atoms with E-state index < -0.39 is 11.8 Å². The predicted octanol–water partition coefficient (Wildman–Crippen LogP) is 4.10. The van der Waals surface area contributed by atoms with Crippen LogP contribution in [0.1, 0.15) is 47.5 Å². The van der Waals surface area contributed by atoms with E-state index in [1.807, 2.05) is 27.7 Å². The van der Waals surface area contributed by atoms with Crippen LogP contribution >= 0.6 is 0 Å². The Balaban J connectivity index is 0. The van der Waals surface area contributed by atoms with E-state index in [0.717, 1.165) is 0 Å². The molecule has 0 aliphatic heterocycles. The molecule has 2 heteroatoms. The second-order valence-corrected chi connectivity index (χ2v) is 2.45. The lowest BCUT2D eigenvalue weighted by Crippen LogP contribution is -2.05. The van der Waals surface area contributed by atoms with Gasteiger partial charge < -0.3 is 0 Å². The van der Waals surface area contributed by atoms with Crippen LogP contribution in [0, 0.1) is 5.41 Å². The molecular weight excluding hydrogens is 146 g/mol. The summed E-state index contributed by atoms with van der Waals surface area (Å²) in [5.74, 6) is 0. The largest absolute Gasteiger partial charge is 0.243 e. The highest BCUT2D eigenvalue weighted by atomic mass is 19.3. The summed E-state index contributed by atoms with van der Waals surface area (Å²) in [5.41, 5.74) is -0.583. The topological polar surface area (TPSA) is 0 Å². The van der Waals surface area contributed by atoms with E-state index in [4.69, 9.17) is 0 Å². The van der Waals surface area contributed by atoms with Crippen molar-refractivity contribution >= 4 is 0 Å². The molecule has 1 saturated carbocycles. The Morgan fingerprint density at radius 1 is 1.00 bits per heavy atom. The van der Waals surface area contributed by atoms with Gasteiger partial charge in [-0.15, -0.1) is 0 Å². The molecule has 0 unspecified atom stereocenters. The van der Waals surface area contributed by atoms with Crippen molar-refractivity contribution in [1.29, 1.82) is 0 Å². The van der Waals surface area contributed by atoms with Crippen molar-refractivity contribution < 1.29 is 8.78 Å². The summed E-state index contributed by atoms with van der Waals surface area (Å²) in [6.45, 7) is 9.62. The highest BCUT2D eigenvalue weighted by Crippen LogP contribution is 2.49. The fourth-order valence-corrected chi connectivity index (χ4v) is 0.415. The first-order valence-electron chi connectivity index (χ1n) is 4.43. The first kappa shape index (κ1) is 13.4. The average molecular weight is 166 g/mol. The average Bonchev–Trinajstić information content (AvgIpc) is 2.78. The smallest absolute Gasteiger partial charge is 0.210 e. The van der Waals surface area contributed by atoms with Gasteiger partial charge in [-0.1, -0.05) is 34.6 Å². The van der Waals surface area contributed by atoms with Crippen LogP contribution in [-0.2, 0) is 0 Å². The SMILES string of the molecule is CC.CC.CC1(C(F)F)CC1. The Morgan fingerprint density at radius 2 is 1.27 bits per heavy atom. The number of alkyl halides is 2. The van der Waals surface area contributed by atoms with Gasteiger partial charge in [0.1, 0.15) is 0 Å². The lowest BCUT2D eigenvalue weighted by Gasteiger charge is -2.02. The number of hydrogen-bond acceptors (Lipinski definition) is 0. The lowest BCUT2D eigenvalue weighted by atomic mass is 10.2. The van der Waals surface area contributed by atoms with Crippen LogP contribution in [0.2, 0.25) is 0 Å². The van der Waals surface area contributed by atoms with Gasteiger partial charge >= 0.3 is 0 Å². The monoisotopic (exact) mass is 166 g/mol. The lowest BCUT2D eigenvalue weighted by molar-refractivity contribution is 0.0721. The Kier molecular flexibility index (Phi) is 8.02. The zero-order valence-electron chi connectivity index (χ0n) is 8.25. The molecule has 0 atom stereocenters. The predicted molar refractivity (Wildman–Crippen MR) is 46.0 cm³/mol. The molecule has 0 spiro atoms. The Bertz CT molecular complexity index is 75.6. The summed E-state index contributed by atoms with van der Waals surface area (Å²) < 4.78 is 23.2. The van der Waals surface area contributed by atoms with E-state index in [1.54, 1.807) is 6.92 Å². The number of halogens is 2. The van der Waals surface area contributed by atoms with Gasteiger partial charge in [-0.3, -0.25) is 0 Å². The first-order chi connectivity index (χ1) is 5.15. The zero-order chi connectivity index (χ0) is 9.49. The van der Waals surface area contributed by atoms with Crippen molar-refractivity contribution in [3.05, 3.63) is 0 Å². The van der Waals surface area contributed by atoms with Crippen LogP contribution in [0.25, 0.3) is 0 Å². The summed E-state index contributed by atoms with van der Waals surface area (Å²) in [6.07, 6.45) is -0.664. The molecule has 1 aliphatic rings. The second kappa shape index (κ2) is 6.56. The fourth-order valence-electron chi connectivity index (χ4n) is 0.415. The van der Waals surface area contributed by atoms with Crippen molar-refractivity contribution in [2.75, 3.05) is 0 Å². The third-order valence-corrected chi connectivity index (χ3v) is 1.57. The summed E-state index contributed by atoms with van der Waals surface area (Å²) >= 11 is 0. The first-order valence-corrected chi connectivity index (χ1v) is 4.43. The Morgan fingerprint density at radius 3 is 1.27 bits per heavy atom. The standard InChI is InChI=1S/C5H8F2.2C2H6/c1-5(2-3-5)4(6)7;2*1-2/h4H,2-3H2,1H3;2*1-2H3. The molecule has 0 N–H and O–H groups in total. The van der Waals surface area contributed by atoms with Crippen LogP contribution in [0.5, 0.6) is 0 Å². The molecule has 0 radical (unpaired) electrons. The summed E-state index contributed by atoms with van der Waals surface area (Å²) in [4.78, 5) is 0. The van der Waals surface area contributed by atoms with Crippen LogP contribution in [0.15, 0.2) is 0 Å². The molecular formula is C9H20F2. The van der Waals surface area contributed by atoms with Crippen molar-refractivity contribution in [2.24, 2.45) is 5.41 Å². The maximum Gasteiger partial charge on any atom is 0.243 e. The molecule has 1 fully saturated rings. The summed E-state index contributed by atoms with van der Waals surface area (Å²) in [7, 11) is 0. The molecule has 0 nitrogen and oxygen atoms in total. The molecule has 0 bridgehead atoms. The van der Waals surface area contributed by atoms with Crippen LogP contribution < -0.4 is 0 Å². The number of rotatable bonds is 1. The molecule has 1 aliphatic carbocycles. The molecule has 1 rings (SSSR count). The van der Waals surface area contributed by atoms with Gasteiger partial charge in [0.25, 0.3) is 0 Å². The van der Waals surface area contributed by atoms with E-state index in [2.05, 4.69) is 0 Å². The minimum Gasteiger partial charge on any atom is -0.210 e. The molecule has 0 aromatic rings. The maximum atomic E-state index is 11.6. The van der Waals surface area contributed by atoms with Gasteiger partial charge in [-0.2, -0.15) is 0 Å². The van der Waals surface area contributed by atoms with Crippen LogP contribution in [-0.4, -0.2) is 6.43 Å². The van der Waals surface area contributed by atoms with E-state index in [0.29, 0.717) is 12.8 Å². The minimum absolute atomic E-state index is 0.583. The quantitative estimate of drug-likeness (QED) is 0.550. The number of hydrogen-bond donors (Lipinski definition) is 0. The zero-order valence-corrected chi connectivity index (χ0v) is 8.25. The van der Waals surface area contributed by atoms with Gasteiger partial charge in [-0.25, -0.2) is 8.78 Å². The Hall–Kier alpha value is -0.140. The van der Waals surface area contributed by atoms with E-state index in [9.17, 15) is 8.78 Å². The maximum absolute atomic E-state index is 11.6. The minimum atomic E-state index is -2.09. The highest BCUT2D eigenvalue weighted by molar-refractivity contribution is 4.90. The highest BCUT2D eigenvalue weighted by Gasteiger charge is 2.45. The van der Waals surface area contributed by atoms with Crippen LogP contribution in [0.3, 0.4) is 0 Å². The third-order valence-electron chi connectivity index (χ3n) is 1.57. The molecule has 11 heavy (non-hydrogen) atoms. The second-order valence-electron chi connectivity index (χ2n) is 2.45. The van der Waals surface area contributed by atoms with Gasteiger partial charge in [0.15, 0.2) is 0 Å². The van der Waals surface area contributed by atoms with Gasteiger partial charge in [-0.05, 0) is 12.8 Å². The third kappa shape index (κ3) is 5.16. The van der Waals surface area contributed by atoms with Crippen molar-refractivity contribution in [3.8, 4) is 0 Å². The van der Waals surface area contributed by atoms with Crippen molar-refractivity contribution in [2.45, 2.75) is 53.9 Å². The Labute approximate surface area is 69.0 Å². The van der Waals surface area contributed by atoms with Gasteiger partial charge in [0.2, 0.25) is 6.43 Å². The molecule has 70 valence electrons. The van der Waals surface area contributed by atoms with E-state index in [-0.39, 0.29) is 0 Å². The molecule has 0 saturated heterocycles. The van der Waals surface area contributed by atoms with Gasteiger partial charge in [0.05, 0.1) is 0 Å². The van der Waals surface area contributed by atoms with Crippen LogP contribution in [0.4, 0.5) is 8.78 Å². The van der Waals surface area contributed by atoms with Crippen molar-refractivity contribution in [3.63, 3.8) is 0 Å². The normalized spacial score (nSPS) is 17.5.